The van der Waals surface area contributed by atoms with Gasteiger partial charge in [0, 0.05) is 50.9 Å². The molecule has 0 unspecified atom stereocenters. The molecule has 1 aromatic heterocycles. The van der Waals surface area contributed by atoms with E-state index in [2.05, 4.69) is 33.3 Å². The second-order valence-electron chi connectivity index (χ2n) is 6.04. The average molecular weight is 276 g/mol. The Labute approximate surface area is 120 Å². The van der Waals surface area contributed by atoms with Crippen molar-refractivity contribution >= 4 is 5.91 Å². The van der Waals surface area contributed by atoms with E-state index in [1.54, 1.807) is 0 Å². The molecule has 0 aliphatic carbocycles. The van der Waals surface area contributed by atoms with E-state index in [1.807, 2.05) is 12.4 Å². The van der Waals surface area contributed by atoms with Crippen LogP contribution in [0.5, 0.6) is 0 Å². The number of nitrogens with zero attached hydrogens (tertiary/aromatic N) is 4. The molecule has 0 saturated carbocycles. The molecular weight excluding hydrogens is 252 g/mol. The van der Waals surface area contributed by atoms with E-state index >= 15 is 0 Å². The highest BCUT2D eigenvalue weighted by atomic mass is 16.2. The zero-order valence-electron chi connectivity index (χ0n) is 12.5. The summed E-state index contributed by atoms with van der Waals surface area (Å²) in [7, 11) is 2.18. The van der Waals surface area contributed by atoms with Gasteiger partial charge in [0.25, 0.3) is 0 Å². The molecule has 2 saturated heterocycles. The maximum Gasteiger partial charge on any atom is 0.224 e. The fourth-order valence-electron chi connectivity index (χ4n) is 3.61. The lowest BCUT2D eigenvalue weighted by Gasteiger charge is -2.21. The van der Waals surface area contributed by atoms with Gasteiger partial charge in [-0.2, -0.15) is 0 Å². The summed E-state index contributed by atoms with van der Waals surface area (Å²) in [5, 5.41) is 0. The minimum atomic E-state index is 0.295. The summed E-state index contributed by atoms with van der Waals surface area (Å²) in [5.74, 6) is 2.06. The van der Waals surface area contributed by atoms with E-state index in [1.165, 1.54) is 13.0 Å². The van der Waals surface area contributed by atoms with E-state index in [-0.39, 0.29) is 0 Å². The highest BCUT2D eigenvalue weighted by Crippen LogP contribution is 2.30. The van der Waals surface area contributed by atoms with Crippen molar-refractivity contribution in [2.45, 2.75) is 38.8 Å². The van der Waals surface area contributed by atoms with Crippen LogP contribution in [0.15, 0.2) is 12.4 Å². The summed E-state index contributed by atoms with van der Waals surface area (Å²) < 4.78 is 2.10. The fourth-order valence-corrected chi connectivity index (χ4v) is 3.61. The van der Waals surface area contributed by atoms with Gasteiger partial charge in [0.2, 0.25) is 5.91 Å². The van der Waals surface area contributed by atoms with Crippen LogP contribution in [0.1, 0.15) is 25.6 Å². The number of hydrogen-bond acceptors (Lipinski definition) is 3. The van der Waals surface area contributed by atoms with Crippen molar-refractivity contribution in [1.29, 1.82) is 0 Å². The van der Waals surface area contributed by atoms with E-state index in [0.29, 0.717) is 24.3 Å². The number of likely N-dealkylation sites (N-methyl/N-ethyl adjacent to an activating group) is 1. The van der Waals surface area contributed by atoms with Crippen molar-refractivity contribution in [3.63, 3.8) is 0 Å². The van der Waals surface area contributed by atoms with Crippen LogP contribution in [0.2, 0.25) is 0 Å². The SMILES string of the molecule is CCc1nccn1CCC(=O)N1C[C@@H]2CCN(C)[C@@H]2C1. The van der Waals surface area contributed by atoms with Gasteiger partial charge in [-0.15, -0.1) is 0 Å². The first-order valence-corrected chi connectivity index (χ1v) is 7.67. The molecule has 3 heterocycles. The first-order valence-electron chi connectivity index (χ1n) is 7.67. The van der Waals surface area contributed by atoms with Gasteiger partial charge in [0.05, 0.1) is 0 Å². The Kier molecular flexibility index (Phi) is 3.78. The van der Waals surface area contributed by atoms with E-state index in [4.69, 9.17) is 0 Å². The zero-order chi connectivity index (χ0) is 14.1. The first kappa shape index (κ1) is 13.6. The largest absolute Gasteiger partial charge is 0.341 e. The molecule has 5 heteroatoms. The Morgan fingerprint density at radius 1 is 1.45 bits per heavy atom. The average Bonchev–Trinajstić information content (AvgIpc) is 3.13. The van der Waals surface area contributed by atoms with Crippen LogP contribution in [0.25, 0.3) is 0 Å². The predicted molar refractivity (Wildman–Crippen MR) is 77.3 cm³/mol. The number of imidazole rings is 1. The van der Waals surface area contributed by atoms with Crippen LogP contribution in [0.4, 0.5) is 0 Å². The third kappa shape index (κ3) is 2.46. The van der Waals surface area contributed by atoms with Crippen LogP contribution >= 0.6 is 0 Å². The number of likely N-dealkylation sites (tertiary alicyclic amines) is 2. The Balaban J connectivity index is 1.53. The van der Waals surface area contributed by atoms with E-state index < -0.39 is 0 Å². The molecule has 1 amide bonds. The standard InChI is InChI=1S/C15H24N4O/c1-3-14-16-6-9-18(14)8-5-15(20)19-10-12-4-7-17(2)13(12)11-19/h6,9,12-13H,3-5,7-8,10-11H2,1-2H3/t12-,13+/m0/s1. The molecule has 0 aromatic carbocycles. The van der Waals surface area contributed by atoms with Gasteiger partial charge in [-0.1, -0.05) is 6.92 Å². The Morgan fingerprint density at radius 2 is 2.30 bits per heavy atom. The number of carbonyl (C=O) groups is 1. The first-order chi connectivity index (χ1) is 9.69. The fraction of sp³-hybridized carbons (Fsp3) is 0.733. The number of rotatable bonds is 4. The lowest BCUT2D eigenvalue weighted by molar-refractivity contribution is -0.130. The maximum absolute atomic E-state index is 12.4. The number of fused-ring (bicyclic) bond motifs is 1. The van der Waals surface area contributed by atoms with Crippen molar-refractivity contribution in [2.75, 3.05) is 26.7 Å². The molecule has 5 nitrogen and oxygen atoms in total. The number of aryl methyl sites for hydroxylation is 2. The zero-order valence-corrected chi connectivity index (χ0v) is 12.5. The molecule has 3 rings (SSSR count). The van der Waals surface area contributed by atoms with E-state index in [0.717, 1.165) is 31.9 Å². The monoisotopic (exact) mass is 276 g/mol. The lowest BCUT2D eigenvalue weighted by atomic mass is 10.1. The van der Waals surface area contributed by atoms with Crippen LogP contribution in [-0.4, -0.2) is 58.0 Å². The number of aromatic nitrogens is 2. The molecule has 1 aromatic rings. The Bertz CT molecular complexity index is 484. The molecule has 0 bridgehead atoms. The molecule has 20 heavy (non-hydrogen) atoms. The van der Waals surface area contributed by atoms with Crippen LogP contribution < -0.4 is 0 Å². The smallest absolute Gasteiger partial charge is 0.224 e. The second kappa shape index (κ2) is 5.56. The number of hydrogen-bond donors (Lipinski definition) is 0. The van der Waals surface area contributed by atoms with Crippen LogP contribution in [0.3, 0.4) is 0 Å². The van der Waals surface area contributed by atoms with Crippen molar-refractivity contribution in [3.05, 3.63) is 18.2 Å². The highest BCUT2D eigenvalue weighted by Gasteiger charge is 2.40. The normalized spacial score (nSPS) is 26.2. The summed E-state index contributed by atoms with van der Waals surface area (Å²) in [5.41, 5.74) is 0. The third-order valence-electron chi connectivity index (χ3n) is 4.86. The lowest BCUT2D eigenvalue weighted by Crippen LogP contribution is -2.35. The summed E-state index contributed by atoms with van der Waals surface area (Å²) in [6.45, 7) is 5.91. The molecule has 0 radical (unpaired) electrons. The summed E-state index contributed by atoms with van der Waals surface area (Å²) in [6.07, 6.45) is 6.54. The van der Waals surface area contributed by atoms with Crippen LogP contribution in [-0.2, 0) is 17.8 Å². The molecule has 2 aliphatic heterocycles. The van der Waals surface area contributed by atoms with Gasteiger partial charge in [-0.25, -0.2) is 4.98 Å². The van der Waals surface area contributed by atoms with Crippen molar-refractivity contribution in [2.24, 2.45) is 5.92 Å². The van der Waals surface area contributed by atoms with Gasteiger partial charge in [-0.05, 0) is 25.9 Å². The van der Waals surface area contributed by atoms with Crippen LogP contribution in [0, 0.1) is 5.92 Å². The highest BCUT2D eigenvalue weighted by molar-refractivity contribution is 5.76. The summed E-state index contributed by atoms with van der Waals surface area (Å²) in [4.78, 5) is 21.1. The molecular formula is C15H24N4O. The molecule has 110 valence electrons. The molecule has 0 N–H and O–H groups in total. The van der Waals surface area contributed by atoms with Gasteiger partial charge in [-0.3, -0.25) is 4.79 Å². The summed E-state index contributed by atoms with van der Waals surface area (Å²) in [6, 6.07) is 0.596. The van der Waals surface area contributed by atoms with Crippen molar-refractivity contribution < 1.29 is 4.79 Å². The minimum absolute atomic E-state index is 0.295. The Morgan fingerprint density at radius 3 is 3.05 bits per heavy atom. The minimum Gasteiger partial charge on any atom is -0.341 e. The Hall–Kier alpha value is -1.36. The van der Waals surface area contributed by atoms with E-state index in [9.17, 15) is 4.79 Å². The van der Waals surface area contributed by atoms with Gasteiger partial charge in [0.1, 0.15) is 5.82 Å². The third-order valence-corrected chi connectivity index (χ3v) is 4.86. The number of carbonyl (C=O) groups excluding carboxylic acids is 1. The van der Waals surface area contributed by atoms with Gasteiger partial charge in [0.15, 0.2) is 0 Å². The molecule has 0 spiro atoms. The maximum atomic E-state index is 12.4. The molecule has 2 aliphatic rings. The predicted octanol–water partition coefficient (Wildman–Crippen LogP) is 0.998. The topological polar surface area (TPSA) is 41.4 Å². The molecule has 2 atom stereocenters. The second-order valence-corrected chi connectivity index (χ2v) is 6.04. The van der Waals surface area contributed by atoms with Crippen molar-refractivity contribution in [1.82, 2.24) is 19.4 Å². The van der Waals surface area contributed by atoms with Crippen molar-refractivity contribution in [3.8, 4) is 0 Å². The van der Waals surface area contributed by atoms with Gasteiger partial charge < -0.3 is 14.4 Å². The number of amides is 1. The molecule has 2 fully saturated rings. The summed E-state index contributed by atoms with van der Waals surface area (Å²) >= 11 is 0. The quantitative estimate of drug-likeness (QED) is 0.824. The van der Waals surface area contributed by atoms with Gasteiger partial charge >= 0.3 is 0 Å².